The molecule has 3 nitrogen and oxygen atoms in total. The van der Waals surface area contributed by atoms with Gasteiger partial charge in [-0.3, -0.25) is 0 Å². The molecule has 0 spiro atoms. The van der Waals surface area contributed by atoms with E-state index in [1.807, 2.05) is 12.1 Å². The zero-order valence-corrected chi connectivity index (χ0v) is 10.6. The first-order chi connectivity index (χ1) is 7.35. The lowest BCUT2D eigenvalue weighted by Crippen LogP contribution is -1.90. The minimum absolute atomic E-state index is 0.540. The van der Waals surface area contributed by atoms with Gasteiger partial charge in [0, 0.05) is 17.3 Å². The third-order valence-electron chi connectivity index (χ3n) is 1.91. The molecule has 0 fully saturated rings. The Bertz CT molecular complexity index is 425. The van der Waals surface area contributed by atoms with E-state index in [1.165, 1.54) is 4.88 Å². The van der Waals surface area contributed by atoms with Gasteiger partial charge in [-0.2, -0.15) is 0 Å². The standard InChI is InChI=1S/C10H10BrNO2S/c1-13-6-7-9(5-11)15-10(12-7)8-3-2-4-14-8/h2-4H,5-6H2,1H3. The Morgan fingerprint density at radius 1 is 1.60 bits per heavy atom. The third-order valence-corrected chi connectivity index (χ3v) is 3.96. The summed E-state index contributed by atoms with van der Waals surface area (Å²) >= 11 is 5.06. The van der Waals surface area contributed by atoms with Crippen LogP contribution in [0.4, 0.5) is 0 Å². The van der Waals surface area contributed by atoms with Crippen LogP contribution in [0, 0.1) is 0 Å². The molecule has 0 saturated heterocycles. The van der Waals surface area contributed by atoms with Gasteiger partial charge in [-0.1, -0.05) is 15.9 Å². The number of aromatic nitrogens is 1. The van der Waals surface area contributed by atoms with Crippen LogP contribution in [0.1, 0.15) is 10.6 Å². The number of thiazole rings is 1. The van der Waals surface area contributed by atoms with Crippen LogP contribution in [0.15, 0.2) is 22.8 Å². The van der Waals surface area contributed by atoms with Crippen molar-refractivity contribution < 1.29 is 9.15 Å². The van der Waals surface area contributed by atoms with Crippen LogP contribution >= 0.6 is 27.3 Å². The monoisotopic (exact) mass is 287 g/mol. The van der Waals surface area contributed by atoms with Crippen molar-refractivity contribution in [3.8, 4) is 10.8 Å². The lowest BCUT2D eigenvalue weighted by Gasteiger charge is -1.95. The first kappa shape index (κ1) is 10.9. The minimum atomic E-state index is 0.540. The number of furan rings is 1. The molecule has 0 radical (unpaired) electrons. The quantitative estimate of drug-likeness (QED) is 0.808. The fourth-order valence-electron chi connectivity index (χ4n) is 1.24. The molecule has 0 amide bonds. The largest absolute Gasteiger partial charge is 0.462 e. The predicted molar refractivity (Wildman–Crippen MR) is 63.2 cm³/mol. The zero-order chi connectivity index (χ0) is 10.7. The van der Waals surface area contributed by atoms with Crippen LogP contribution in [0.3, 0.4) is 0 Å². The minimum Gasteiger partial charge on any atom is -0.462 e. The van der Waals surface area contributed by atoms with Gasteiger partial charge in [-0.25, -0.2) is 4.98 Å². The lowest BCUT2D eigenvalue weighted by molar-refractivity contribution is 0.181. The zero-order valence-electron chi connectivity index (χ0n) is 8.20. The summed E-state index contributed by atoms with van der Waals surface area (Å²) in [6, 6.07) is 3.77. The molecule has 0 aliphatic carbocycles. The van der Waals surface area contributed by atoms with Crippen molar-refractivity contribution in [2.45, 2.75) is 11.9 Å². The van der Waals surface area contributed by atoms with E-state index < -0.39 is 0 Å². The normalized spacial score (nSPS) is 10.8. The summed E-state index contributed by atoms with van der Waals surface area (Å²) in [4.78, 5) is 5.67. The van der Waals surface area contributed by atoms with Crippen molar-refractivity contribution in [3.63, 3.8) is 0 Å². The lowest BCUT2D eigenvalue weighted by atomic mass is 10.4. The molecule has 0 saturated carbocycles. The van der Waals surface area contributed by atoms with E-state index >= 15 is 0 Å². The van der Waals surface area contributed by atoms with Gasteiger partial charge < -0.3 is 9.15 Å². The molecule has 0 unspecified atom stereocenters. The molecule has 2 heterocycles. The van der Waals surface area contributed by atoms with Gasteiger partial charge in [0.25, 0.3) is 0 Å². The van der Waals surface area contributed by atoms with E-state index in [4.69, 9.17) is 9.15 Å². The van der Waals surface area contributed by atoms with Gasteiger partial charge in [0.1, 0.15) is 0 Å². The van der Waals surface area contributed by atoms with Crippen molar-refractivity contribution in [2.75, 3.05) is 7.11 Å². The van der Waals surface area contributed by atoms with Gasteiger partial charge in [0.15, 0.2) is 10.8 Å². The van der Waals surface area contributed by atoms with Crippen molar-refractivity contribution in [1.82, 2.24) is 4.98 Å². The maximum Gasteiger partial charge on any atom is 0.162 e. The van der Waals surface area contributed by atoms with E-state index in [-0.39, 0.29) is 0 Å². The summed E-state index contributed by atoms with van der Waals surface area (Å²) in [6.07, 6.45) is 1.65. The molecule has 2 aromatic heterocycles. The molecule has 0 aliphatic heterocycles. The molecular weight excluding hydrogens is 278 g/mol. The van der Waals surface area contributed by atoms with E-state index in [0.29, 0.717) is 6.61 Å². The van der Waals surface area contributed by atoms with Gasteiger partial charge in [0.05, 0.1) is 18.6 Å². The number of hydrogen-bond acceptors (Lipinski definition) is 4. The Morgan fingerprint density at radius 3 is 3.07 bits per heavy atom. The van der Waals surface area contributed by atoms with Crippen LogP contribution < -0.4 is 0 Å². The van der Waals surface area contributed by atoms with Crippen molar-refractivity contribution in [2.24, 2.45) is 0 Å². The highest BCUT2D eigenvalue weighted by molar-refractivity contribution is 9.08. The van der Waals surface area contributed by atoms with Crippen molar-refractivity contribution in [1.29, 1.82) is 0 Å². The number of rotatable bonds is 4. The summed E-state index contributed by atoms with van der Waals surface area (Å²) in [5, 5.41) is 1.70. The first-order valence-electron chi connectivity index (χ1n) is 4.42. The van der Waals surface area contributed by atoms with E-state index in [0.717, 1.165) is 21.8 Å². The summed E-state index contributed by atoms with van der Waals surface area (Å²) in [5.41, 5.74) is 0.978. The van der Waals surface area contributed by atoms with Crippen LogP contribution in [-0.4, -0.2) is 12.1 Å². The van der Waals surface area contributed by atoms with Gasteiger partial charge in [0.2, 0.25) is 0 Å². The molecule has 0 atom stereocenters. The summed E-state index contributed by atoms with van der Waals surface area (Å²) in [5.74, 6) is 0.810. The van der Waals surface area contributed by atoms with Gasteiger partial charge in [-0.15, -0.1) is 11.3 Å². The highest BCUT2D eigenvalue weighted by Gasteiger charge is 2.12. The van der Waals surface area contributed by atoms with Crippen LogP contribution in [0.25, 0.3) is 10.8 Å². The number of halogens is 1. The molecule has 15 heavy (non-hydrogen) atoms. The number of ether oxygens (including phenoxy) is 1. The smallest absolute Gasteiger partial charge is 0.162 e. The van der Waals surface area contributed by atoms with Crippen LogP contribution in [0.5, 0.6) is 0 Å². The van der Waals surface area contributed by atoms with E-state index in [2.05, 4.69) is 20.9 Å². The Labute approximate surface area is 100 Å². The second-order valence-corrected chi connectivity index (χ2v) is 4.58. The molecule has 0 bridgehead atoms. The Balaban J connectivity index is 2.34. The van der Waals surface area contributed by atoms with E-state index in [9.17, 15) is 0 Å². The fourth-order valence-corrected chi connectivity index (χ4v) is 2.79. The first-order valence-corrected chi connectivity index (χ1v) is 6.36. The topological polar surface area (TPSA) is 35.3 Å². The molecule has 0 aliphatic rings. The summed E-state index contributed by atoms with van der Waals surface area (Å²) in [7, 11) is 1.67. The Morgan fingerprint density at radius 2 is 2.47 bits per heavy atom. The van der Waals surface area contributed by atoms with Crippen LogP contribution in [-0.2, 0) is 16.7 Å². The second-order valence-electron chi connectivity index (χ2n) is 2.93. The Kier molecular flexibility index (Phi) is 3.56. The SMILES string of the molecule is COCc1nc(-c2ccco2)sc1CBr. The number of hydrogen-bond donors (Lipinski definition) is 0. The van der Waals surface area contributed by atoms with Gasteiger partial charge in [-0.05, 0) is 12.1 Å². The number of alkyl halides is 1. The predicted octanol–water partition coefficient (Wildman–Crippen LogP) is 3.44. The average Bonchev–Trinajstić information content (AvgIpc) is 2.84. The molecule has 0 aromatic carbocycles. The second kappa shape index (κ2) is 4.92. The molecule has 80 valence electrons. The number of nitrogens with zero attached hydrogens (tertiary/aromatic N) is 1. The van der Waals surface area contributed by atoms with Crippen LogP contribution in [0.2, 0.25) is 0 Å². The molecule has 2 rings (SSSR count). The molecule has 0 N–H and O–H groups in total. The summed E-state index contributed by atoms with van der Waals surface area (Å²) < 4.78 is 10.4. The molecule has 5 heteroatoms. The highest BCUT2D eigenvalue weighted by atomic mass is 79.9. The third kappa shape index (κ3) is 2.30. The number of methoxy groups -OCH3 is 1. The van der Waals surface area contributed by atoms with Crippen molar-refractivity contribution in [3.05, 3.63) is 29.0 Å². The van der Waals surface area contributed by atoms with Crippen molar-refractivity contribution >= 4 is 27.3 Å². The maximum atomic E-state index is 5.30. The summed E-state index contributed by atoms with van der Waals surface area (Å²) in [6.45, 7) is 0.540. The highest BCUT2D eigenvalue weighted by Crippen LogP contribution is 2.30. The molecule has 2 aromatic rings. The molecular formula is C10H10BrNO2S. The van der Waals surface area contributed by atoms with E-state index in [1.54, 1.807) is 24.7 Å². The van der Waals surface area contributed by atoms with Gasteiger partial charge >= 0.3 is 0 Å². The fraction of sp³-hybridized carbons (Fsp3) is 0.300. The maximum absolute atomic E-state index is 5.30. The average molecular weight is 288 g/mol. The Hall–Kier alpha value is -0.650.